The normalized spacial score (nSPS) is 13.5. The molecular weight excluding hydrogens is 376 g/mol. The summed E-state index contributed by atoms with van der Waals surface area (Å²) in [6.07, 6.45) is 3.01. The lowest BCUT2D eigenvalue weighted by Crippen LogP contribution is -2.10. The van der Waals surface area contributed by atoms with Gasteiger partial charge in [0.2, 0.25) is 0 Å². The third-order valence-electron chi connectivity index (χ3n) is 6.37. The molecule has 0 saturated carbocycles. The highest BCUT2D eigenvalue weighted by atomic mass is 15.0. The maximum Gasteiger partial charge on any atom is 0.0701 e. The molecule has 0 bridgehead atoms. The van der Waals surface area contributed by atoms with E-state index in [0.29, 0.717) is 11.8 Å². The number of pyridine rings is 1. The fraction of sp³-hybridized carbons (Fsp3) is 0.207. The minimum atomic E-state index is 0.515. The Balaban J connectivity index is 1.34. The van der Waals surface area contributed by atoms with E-state index in [1.54, 1.807) is 0 Å². The van der Waals surface area contributed by atoms with Crippen molar-refractivity contribution in [1.82, 2.24) is 9.55 Å². The van der Waals surface area contributed by atoms with Gasteiger partial charge in [-0.05, 0) is 48.1 Å². The smallest absolute Gasteiger partial charge is 0.0701 e. The van der Waals surface area contributed by atoms with Gasteiger partial charge in [-0.15, -0.1) is 0 Å². The highest BCUT2D eigenvalue weighted by molar-refractivity contribution is 6.07. The van der Waals surface area contributed by atoms with Gasteiger partial charge in [0.05, 0.1) is 5.69 Å². The van der Waals surface area contributed by atoms with Crippen molar-refractivity contribution < 1.29 is 0 Å². The molecule has 2 heterocycles. The maximum absolute atomic E-state index is 4.46. The van der Waals surface area contributed by atoms with Crippen LogP contribution in [-0.4, -0.2) is 9.55 Å². The molecule has 2 heteroatoms. The number of rotatable bonds is 6. The van der Waals surface area contributed by atoms with Crippen LogP contribution in [0.1, 0.15) is 31.7 Å². The number of hydrogen-bond donors (Lipinski definition) is 0. The molecule has 31 heavy (non-hydrogen) atoms. The van der Waals surface area contributed by atoms with Gasteiger partial charge in [0.25, 0.3) is 0 Å². The standard InChI is InChI=1S/C29H28N2/c1-21(19-22(2)23-14-16-24(17-15-23)27-11-7-8-18-30-27)20-31-28-12-5-3-9-25(28)26-10-4-6-13-29(26)31/h3-18,21-22H,19-20H2,1-2H3. The van der Waals surface area contributed by atoms with Crippen LogP contribution in [-0.2, 0) is 6.54 Å². The van der Waals surface area contributed by atoms with Crippen LogP contribution >= 0.6 is 0 Å². The van der Waals surface area contributed by atoms with Crippen molar-refractivity contribution in [3.8, 4) is 11.3 Å². The first-order chi connectivity index (χ1) is 15.2. The molecule has 0 fully saturated rings. The lowest BCUT2D eigenvalue weighted by atomic mass is 9.90. The van der Waals surface area contributed by atoms with Gasteiger partial charge in [-0.2, -0.15) is 0 Å². The molecule has 0 saturated heterocycles. The molecule has 5 rings (SSSR count). The zero-order chi connectivity index (χ0) is 21.2. The SMILES string of the molecule is CC(CC(C)c1ccc(-c2ccccn2)cc1)Cn1c2ccccc2c2ccccc21. The van der Waals surface area contributed by atoms with Crippen LogP contribution in [0.2, 0.25) is 0 Å². The molecule has 0 aliphatic rings. The molecule has 0 radical (unpaired) electrons. The fourth-order valence-electron chi connectivity index (χ4n) is 4.84. The average Bonchev–Trinajstić information content (AvgIpc) is 3.13. The van der Waals surface area contributed by atoms with Crippen molar-refractivity contribution in [2.75, 3.05) is 0 Å². The Morgan fingerprint density at radius 1 is 0.710 bits per heavy atom. The number of aromatic nitrogens is 2. The first-order valence-electron chi connectivity index (χ1n) is 11.2. The van der Waals surface area contributed by atoms with E-state index in [1.165, 1.54) is 32.9 Å². The fourth-order valence-corrected chi connectivity index (χ4v) is 4.84. The van der Waals surface area contributed by atoms with Crippen LogP contribution < -0.4 is 0 Å². The monoisotopic (exact) mass is 404 g/mol. The average molecular weight is 405 g/mol. The van der Waals surface area contributed by atoms with Crippen LogP contribution in [0.25, 0.3) is 33.1 Å². The predicted molar refractivity (Wildman–Crippen MR) is 131 cm³/mol. The summed E-state index contributed by atoms with van der Waals surface area (Å²) in [7, 11) is 0. The van der Waals surface area contributed by atoms with Crippen LogP contribution in [0.15, 0.2) is 97.2 Å². The van der Waals surface area contributed by atoms with Crippen LogP contribution in [0.4, 0.5) is 0 Å². The summed E-state index contributed by atoms with van der Waals surface area (Å²) in [5.74, 6) is 1.09. The molecular formula is C29H28N2. The second-order valence-corrected chi connectivity index (χ2v) is 8.72. The molecule has 0 aliphatic heterocycles. The Morgan fingerprint density at radius 2 is 1.32 bits per heavy atom. The molecule has 2 unspecified atom stereocenters. The summed E-state index contributed by atoms with van der Waals surface area (Å²) < 4.78 is 2.51. The zero-order valence-electron chi connectivity index (χ0n) is 18.2. The second-order valence-electron chi connectivity index (χ2n) is 8.72. The first kappa shape index (κ1) is 19.6. The molecule has 3 aromatic carbocycles. The van der Waals surface area contributed by atoms with E-state index in [2.05, 4.69) is 102 Å². The van der Waals surface area contributed by atoms with E-state index in [-0.39, 0.29) is 0 Å². The Bertz CT molecular complexity index is 1250. The minimum absolute atomic E-state index is 0.515. The van der Waals surface area contributed by atoms with Crippen molar-refractivity contribution >= 4 is 21.8 Å². The van der Waals surface area contributed by atoms with E-state index in [9.17, 15) is 0 Å². The number of para-hydroxylation sites is 2. The Morgan fingerprint density at radius 3 is 1.94 bits per heavy atom. The number of benzene rings is 3. The summed E-state index contributed by atoms with van der Waals surface area (Å²) in [6, 6.07) is 32.5. The highest BCUT2D eigenvalue weighted by Crippen LogP contribution is 2.32. The molecule has 2 aromatic heterocycles. The van der Waals surface area contributed by atoms with Gasteiger partial charge in [0, 0.05) is 40.1 Å². The van der Waals surface area contributed by atoms with Gasteiger partial charge in [0.15, 0.2) is 0 Å². The largest absolute Gasteiger partial charge is 0.340 e. The summed E-state index contributed by atoms with van der Waals surface area (Å²) in [6.45, 7) is 5.75. The quantitative estimate of drug-likeness (QED) is 0.284. The zero-order valence-corrected chi connectivity index (χ0v) is 18.2. The summed E-state index contributed by atoms with van der Waals surface area (Å²) in [5, 5.41) is 2.70. The second kappa shape index (κ2) is 8.39. The van der Waals surface area contributed by atoms with Crippen molar-refractivity contribution in [3.63, 3.8) is 0 Å². The van der Waals surface area contributed by atoms with Crippen LogP contribution in [0, 0.1) is 5.92 Å². The lowest BCUT2D eigenvalue weighted by Gasteiger charge is -2.20. The van der Waals surface area contributed by atoms with Gasteiger partial charge >= 0.3 is 0 Å². The third-order valence-corrected chi connectivity index (χ3v) is 6.37. The predicted octanol–water partition coefficient (Wildman–Crippen LogP) is 7.69. The van der Waals surface area contributed by atoms with E-state index in [4.69, 9.17) is 0 Å². The van der Waals surface area contributed by atoms with Crippen LogP contribution in [0.5, 0.6) is 0 Å². The molecule has 0 N–H and O–H groups in total. The minimum Gasteiger partial charge on any atom is -0.340 e. The molecule has 2 atom stereocenters. The van der Waals surface area contributed by atoms with Gasteiger partial charge in [0.1, 0.15) is 0 Å². The van der Waals surface area contributed by atoms with Crippen molar-refractivity contribution in [1.29, 1.82) is 0 Å². The van der Waals surface area contributed by atoms with Crippen LogP contribution in [0.3, 0.4) is 0 Å². The molecule has 0 amide bonds. The number of hydrogen-bond acceptors (Lipinski definition) is 1. The van der Waals surface area contributed by atoms with E-state index >= 15 is 0 Å². The number of nitrogens with zero attached hydrogens (tertiary/aromatic N) is 2. The van der Waals surface area contributed by atoms with Gasteiger partial charge in [-0.1, -0.05) is 80.6 Å². The van der Waals surface area contributed by atoms with E-state index < -0.39 is 0 Å². The summed E-state index contributed by atoms with van der Waals surface area (Å²) in [4.78, 5) is 4.46. The van der Waals surface area contributed by atoms with Crippen molar-refractivity contribution in [2.24, 2.45) is 5.92 Å². The van der Waals surface area contributed by atoms with Crippen molar-refractivity contribution in [3.05, 3.63) is 103 Å². The third kappa shape index (κ3) is 3.86. The van der Waals surface area contributed by atoms with Crippen molar-refractivity contribution in [2.45, 2.75) is 32.7 Å². The Labute approximate surface area is 184 Å². The highest BCUT2D eigenvalue weighted by Gasteiger charge is 2.15. The van der Waals surface area contributed by atoms with E-state index in [0.717, 1.165) is 18.7 Å². The van der Waals surface area contributed by atoms with Gasteiger partial charge < -0.3 is 4.57 Å². The maximum atomic E-state index is 4.46. The summed E-state index contributed by atoms with van der Waals surface area (Å²) >= 11 is 0. The lowest BCUT2D eigenvalue weighted by molar-refractivity contribution is 0.431. The van der Waals surface area contributed by atoms with E-state index in [1.807, 2.05) is 18.3 Å². The molecule has 0 aliphatic carbocycles. The van der Waals surface area contributed by atoms with Gasteiger partial charge in [-0.3, -0.25) is 4.98 Å². The molecule has 2 nitrogen and oxygen atoms in total. The number of fused-ring (bicyclic) bond motifs is 3. The van der Waals surface area contributed by atoms with Gasteiger partial charge in [-0.25, -0.2) is 0 Å². The Hall–Kier alpha value is -3.39. The Kier molecular flexibility index (Phi) is 5.30. The first-order valence-corrected chi connectivity index (χ1v) is 11.2. The molecule has 5 aromatic rings. The summed E-state index contributed by atoms with van der Waals surface area (Å²) in [5.41, 5.74) is 6.27. The molecule has 154 valence electrons. The topological polar surface area (TPSA) is 17.8 Å². The molecule has 0 spiro atoms.